The molecular formula is C25H33N5O. The zero-order chi connectivity index (χ0) is 21.4. The van der Waals surface area contributed by atoms with Crippen LogP contribution in [-0.4, -0.2) is 79.3 Å². The number of ether oxygens (including phenoxy) is 1. The summed E-state index contributed by atoms with van der Waals surface area (Å²) in [6.45, 7) is 12.5. The molecule has 0 radical (unpaired) electrons. The summed E-state index contributed by atoms with van der Waals surface area (Å²) in [5.74, 6) is 0. The van der Waals surface area contributed by atoms with Crippen LogP contribution in [0.5, 0.6) is 0 Å². The van der Waals surface area contributed by atoms with Crippen molar-refractivity contribution in [3.63, 3.8) is 0 Å². The first-order valence-corrected chi connectivity index (χ1v) is 11.4. The van der Waals surface area contributed by atoms with Crippen molar-refractivity contribution in [2.75, 3.05) is 64.4 Å². The predicted molar refractivity (Wildman–Crippen MR) is 127 cm³/mol. The number of fused-ring (bicyclic) bond motifs is 1. The standard InChI is InChI=1S/C25H33N5O/c1-25(2,30-14-16-31-17-15-30)23-18-21-22(27-23)8-9-26-24(21)19-4-6-20(7-5-19)29-12-10-28(3)11-13-29/h4-9,18,27H,10-17H2,1-3H3. The van der Waals surface area contributed by atoms with Gasteiger partial charge >= 0.3 is 0 Å². The molecule has 4 heterocycles. The van der Waals surface area contributed by atoms with E-state index >= 15 is 0 Å². The lowest BCUT2D eigenvalue weighted by Crippen LogP contribution is -2.48. The smallest absolute Gasteiger partial charge is 0.0795 e. The molecule has 1 aromatic carbocycles. The number of aromatic nitrogens is 2. The number of likely N-dealkylation sites (N-methyl/N-ethyl adjacent to an activating group) is 1. The van der Waals surface area contributed by atoms with Gasteiger partial charge in [-0.1, -0.05) is 12.1 Å². The first kappa shape index (κ1) is 20.5. The number of hydrogen-bond donors (Lipinski definition) is 1. The van der Waals surface area contributed by atoms with E-state index in [1.807, 2.05) is 6.20 Å². The highest BCUT2D eigenvalue weighted by molar-refractivity contribution is 5.93. The molecule has 1 N–H and O–H groups in total. The number of anilines is 1. The van der Waals surface area contributed by atoms with Crippen LogP contribution in [0.2, 0.25) is 0 Å². The average molecular weight is 420 g/mol. The molecule has 6 nitrogen and oxygen atoms in total. The minimum absolute atomic E-state index is 0.0780. The molecular weight excluding hydrogens is 386 g/mol. The van der Waals surface area contributed by atoms with Crippen LogP contribution in [0.15, 0.2) is 42.6 Å². The Labute approximate surface area is 184 Å². The number of aromatic amines is 1. The van der Waals surface area contributed by atoms with E-state index in [0.29, 0.717) is 0 Å². The number of benzene rings is 1. The van der Waals surface area contributed by atoms with E-state index in [4.69, 9.17) is 9.72 Å². The molecule has 0 aliphatic carbocycles. The molecule has 31 heavy (non-hydrogen) atoms. The summed E-state index contributed by atoms with van der Waals surface area (Å²) in [6, 6.07) is 13.3. The fraction of sp³-hybridized carbons (Fsp3) is 0.480. The lowest BCUT2D eigenvalue weighted by molar-refractivity contribution is -0.0129. The fourth-order valence-electron chi connectivity index (χ4n) is 4.80. The molecule has 0 unspecified atom stereocenters. The number of hydrogen-bond acceptors (Lipinski definition) is 5. The molecule has 164 valence electrons. The van der Waals surface area contributed by atoms with Gasteiger partial charge in [-0.15, -0.1) is 0 Å². The van der Waals surface area contributed by atoms with Crippen molar-refractivity contribution in [3.05, 3.63) is 48.3 Å². The van der Waals surface area contributed by atoms with Crippen LogP contribution in [0, 0.1) is 0 Å². The van der Waals surface area contributed by atoms with Crippen LogP contribution in [-0.2, 0) is 10.3 Å². The summed E-state index contributed by atoms with van der Waals surface area (Å²) in [5, 5.41) is 1.19. The Balaban J connectivity index is 1.44. The Morgan fingerprint density at radius 3 is 2.35 bits per heavy atom. The third-order valence-electron chi connectivity index (χ3n) is 7.02. The lowest BCUT2D eigenvalue weighted by Gasteiger charge is -2.40. The molecule has 2 saturated heterocycles. The number of H-pyrrole nitrogens is 1. The van der Waals surface area contributed by atoms with Gasteiger partial charge in [-0.05, 0) is 45.2 Å². The van der Waals surface area contributed by atoms with Gasteiger partial charge in [0.1, 0.15) is 0 Å². The van der Waals surface area contributed by atoms with Gasteiger partial charge in [0.15, 0.2) is 0 Å². The Bertz CT molecular complexity index is 1030. The highest BCUT2D eigenvalue weighted by Gasteiger charge is 2.31. The highest BCUT2D eigenvalue weighted by Crippen LogP contribution is 2.34. The van der Waals surface area contributed by atoms with Crippen LogP contribution in [0.25, 0.3) is 22.2 Å². The molecule has 2 fully saturated rings. The summed E-state index contributed by atoms with van der Waals surface area (Å²) < 4.78 is 5.56. The van der Waals surface area contributed by atoms with Crippen LogP contribution in [0.3, 0.4) is 0 Å². The van der Waals surface area contributed by atoms with Crippen molar-refractivity contribution in [2.45, 2.75) is 19.4 Å². The average Bonchev–Trinajstić information content (AvgIpc) is 3.26. The lowest BCUT2D eigenvalue weighted by atomic mass is 9.97. The summed E-state index contributed by atoms with van der Waals surface area (Å²) in [5.41, 5.74) is 5.80. The first-order chi connectivity index (χ1) is 15.0. The largest absolute Gasteiger partial charge is 0.379 e. The number of nitrogens with zero attached hydrogens (tertiary/aromatic N) is 4. The number of morpholine rings is 1. The van der Waals surface area contributed by atoms with E-state index in [-0.39, 0.29) is 5.54 Å². The zero-order valence-corrected chi connectivity index (χ0v) is 18.9. The SMILES string of the molecule is CN1CCN(c2ccc(-c3nccc4[nH]c(C(C)(C)N5CCOCC5)cc34)cc2)CC1. The number of rotatable bonds is 4. The van der Waals surface area contributed by atoms with Gasteiger partial charge in [-0.3, -0.25) is 9.88 Å². The van der Waals surface area contributed by atoms with Gasteiger partial charge in [0.05, 0.1) is 24.4 Å². The summed E-state index contributed by atoms with van der Waals surface area (Å²) >= 11 is 0. The summed E-state index contributed by atoms with van der Waals surface area (Å²) in [6.07, 6.45) is 1.91. The van der Waals surface area contributed by atoms with Crippen molar-refractivity contribution in [1.82, 2.24) is 19.8 Å². The van der Waals surface area contributed by atoms with Gasteiger partial charge in [0.2, 0.25) is 0 Å². The van der Waals surface area contributed by atoms with Crippen LogP contribution < -0.4 is 4.90 Å². The van der Waals surface area contributed by atoms with Gasteiger partial charge in [-0.25, -0.2) is 0 Å². The molecule has 0 spiro atoms. The maximum Gasteiger partial charge on any atom is 0.0795 e. The summed E-state index contributed by atoms with van der Waals surface area (Å²) in [7, 11) is 2.19. The minimum Gasteiger partial charge on any atom is -0.379 e. The van der Waals surface area contributed by atoms with Gasteiger partial charge in [0, 0.05) is 73.3 Å². The number of nitrogens with one attached hydrogen (secondary N) is 1. The Morgan fingerprint density at radius 1 is 0.935 bits per heavy atom. The molecule has 3 aromatic rings. The zero-order valence-electron chi connectivity index (χ0n) is 18.9. The molecule has 6 heteroatoms. The highest BCUT2D eigenvalue weighted by atomic mass is 16.5. The van der Waals surface area contributed by atoms with E-state index in [1.54, 1.807) is 0 Å². The second-order valence-electron chi connectivity index (χ2n) is 9.30. The van der Waals surface area contributed by atoms with Crippen molar-refractivity contribution in [3.8, 4) is 11.3 Å². The monoisotopic (exact) mass is 419 g/mol. The van der Waals surface area contributed by atoms with E-state index in [0.717, 1.165) is 63.7 Å². The third kappa shape index (κ3) is 3.95. The van der Waals surface area contributed by atoms with Crippen molar-refractivity contribution >= 4 is 16.6 Å². The molecule has 2 aliphatic heterocycles. The first-order valence-electron chi connectivity index (χ1n) is 11.4. The molecule has 5 rings (SSSR count). The summed E-state index contributed by atoms with van der Waals surface area (Å²) in [4.78, 5) is 15.8. The fourth-order valence-corrected chi connectivity index (χ4v) is 4.80. The Kier molecular flexibility index (Phi) is 5.46. The van der Waals surface area contributed by atoms with Crippen LogP contribution in [0.1, 0.15) is 19.5 Å². The molecule has 0 atom stereocenters. The minimum atomic E-state index is -0.0780. The van der Waals surface area contributed by atoms with E-state index in [1.165, 1.54) is 22.3 Å². The van der Waals surface area contributed by atoms with E-state index in [2.05, 4.69) is 77.0 Å². The van der Waals surface area contributed by atoms with Gasteiger partial charge < -0.3 is 19.5 Å². The van der Waals surface area contributed by atoms with Crippen molar-refractivity contribution in [2.24, 2.45) is 0 Å². The second-order valence-corrected chi connectivity index (χ2v) is 9.30. The normalized spacial score (nSPS) is 19.3. The van der Waals surface area contributed by atoms with Crippen LogP contribution in [0.4, 0.5) is 5.69 Å². The number of pyridine rings is 1. The Hall–Kier alpha value is -2.41. The van der Waals surface area contributed by atoms with Gasteiger partial charge in [-0.2, -0.15) is 0 Å². The Morgan fingerprint density at radius 2 is 1.65 bits per heavy atom. The maximum absolute atomic E-state index is 5.56. The van der Waals surface area contributed by atoms with Crippen LogP contribution >= 0.6 is 0 Å². The van der Waals surface area contributed by atoms with Crippen molar-refractivity contribution in [1.29, 1.82) is 0 Å². The molecule has 0 saturated carbocycles. The second kappa shape index (κ2) is 8.26. The molecule has 0 amide bonds. The van der Waals surface area contributed by atoms with Crippen molar-refractivity contribution < 1.29 is 4.74 Å². The van der Waals surface area contributed by atoms with Gasteiger partial charge in [0.25, 0.3) is 0 Å². The van der Waals surface area contributed by atoms with E-state index in [9.17, 15) is 0 Å². The molecule has 2 aromatic heterocycles. The van der Waals surface area contributed by atoms with E-state index < -0.39 is 0 Å². The third-order valence-corrected chi connectivity index (χ3v) is 7.02. The molecule has 2 aliphatic rings. The maximum atomic E-state index is 5.56. The quantitative estimate of drug-likeness (QED) is 0.701. The number of piperazine rings is 1. The topological polar surface area (TPSA) is 47.6 Å². The predicted octanol–water partition coefficient (Wildman–Crippen LogP) is 3.55. The molecule has 0 bridgehead atoms.